The number of nitrogens with one attached hydrogen (secondary N) is 2. The standard InChI is InChI=1S/C19H26F2N2O/c20-15-4-3-5-16(21)18(15)19(9-1-2-10-19)13-23-17(24)7-6-14-8-11-22-12-14/h3-5,14,22H,1-2,6-13H2,(H,23,24). The molecule has 1 aromatic carbocycles. The molecule has 1 saturated heterocycles. The third-order valence-corrected chi connectivity index (χ3v) is 5.62. The van der Waals surface area contributed by atoms with E-state index in [1.54, 1.807) is 0 Å². The van der Waals surface area contributed by atoms with Gasteiger partial charge in [0.1, 0.15) is 11.6 Å². The molecule has 0 bridgehead atoms. The number of carbonyl (C=O) groups excluding carboxylic acids is 1. The van der Waals surface area contributed by atoms with Gasteiger partial charge in [0.15, 0.2) is 0 Å². The summed E-state index contributed by atoms with van der Waals surface area (Å²) in [6, 6.07) is 4.02. The summed E-state index contributed by atoms with van der Waals surface area (Å²) in [7, 11) is 0. The van der Waals surface area contributed by atoms with E-state index in [2.05, 4.69) is 10.6 Å². The molecular weight excluding hydrogens is 310 g/mol. The van der Waals surface area contributed by atoms with E-state index in [1.165, 1.54) is 18.2 Å². The van der Waals surface area contributed by atoms with Crippen LogP contribution in [0.2, 0.25) is 0 Å². The van der Waals surface area contributed by atoms with Gasteiger partial charge in [-0.2, -0.15) is 0 Å². The third kappa shape index (κ3) is 3.77. The molecule has 24 heavy (non-hydrogen) atoms. The molecule has 3 nitrogen and oxygen atoms in total. The van der Waals surface area contributed by atoms with Crippen LogP contribution < -0.4 is 10.6 Å². The van der Waals surface area contributed by atoms with Crippen molar-refractivity contribution in [3.05, 3.63) is 35.4 Å². The lowest BCUT2D eigenvalue weighted by molar-refractivity contribution is -0.121. The summed E-state index contributed by atoms with van der Waals surface area (Å²) in [4.78, 5) is 12.2. The van der Waals surface area contributed by atoms with Crippen LogP contribution in [0.3, 0.4) is 0 Å². The molecule has 1 atom stereocenters. The second-order valence-electron chi connectivity index (χ2n) is 7.26. The zero-order valence-corrected chi connectivity index (χ0v) is 14.0. The molecule has 0 spiro atoms. The van der Waals surface area contributed by atoms with Crippen molar-refractivity contribution in [2.75, 3.05) is 19.6 Å². The van der Waals surface area contributed by atoms with E-state index < -0.39 is 17.0 Å². The Bertz CT molecular complexity index is 558. The maximum Gasteiger partial charge on any atom is 0.220 e. The first-order chi connectivity index (χ1) is 11.6. The van der Waals surface area contributed by atoms with Gasteiger partial charge < -0.3 is 10.6 Å². The summed E-state index contributed by atoms with van der Waals surface area (Å²) >= 11 is 0. The van der Waals surface area contributed by atoms with E-state index in [-0.39, 0.29) is 11.5 Å². The van der Waals surface area contributed by atoms with Crippen LogP contribution >= 0.6 is 0 Å². The SMILES string of the molecule is O=C(CCC1CCNC1)NCC1(c2c(F)cccc2F)CCCC1. The molecule has 2 aliphatic rings. The van der Waals surface area contributed by atoms with Gasteiger partial charge in [-0.05, 0) is 56.8 Å². The highest BCUT2D eigenvalue weighted by atomic mass is 19.1. The monoisotopic (exact) mass is 336 g/mol. The molecule has 2 fully saturated rings. The largest absolute Gasteiger partial charge is 0.355 e. The second kappa shape index (κ2) is 7.60. The maximum atomic E-state index is 14.3. The van der Waals surface area contributed by atoms with Crippen molar-refractivity contribution in [2.45, 2.75) is 50.4 Å². The van der Waals surface area contributed by atoms with Crippen molar-refractivity contribution < 1.29 is 13.6 Å². The highest BCUT2D eigenvalue weighted by Gasteiger charge is 2.40. The lowest BCUT2D eigenvalue weighted by Crippen LogP contribution is -2.40. The van der Waals surface area contributed by atoms with E-state index in [0.717, 1.165) is 51.6 Å². The molecule has 1 amide bonds. The lowest BCUT2D eigenvalue weighted by Gasteiger charge is -2.30. The fourth-order valence-electron chi connectivity index (χ4n) is 4.22. The summed E-state index contributed by atoms with van der Waals surface area (Å²) in [5.41, 5.74) is -0.442. The van der Waals surface area contributed by atoms with Crippen molar-refractivity contribution in [2.24, 2.45) is 5.92 Å². The molecule has 2 N–H and O–H groups in total. The minimum atomic E-state index is -0.597. The van der Waals surface area contributed by atoms with Crippen molar-refractivity contribution in [3.63, 3.8) is 0 Å². The first kappa shape index (κ1) is 17.3. The average molecular weight is 336 g/mol. The van der Waals surface area contributed by atoms with Crippen LogP contribution in [-0.4, -0.2) is 25.5 Å². The van der Waals surface area contributed by atoms with Crippen LogP contribution in [0.25, 0.3) is 0 Å². The van der Waals surface area contributed by atoms with E-state index in [4.69, 9.17) is 0 Å². The Hall–Kier alpha value is -1.49. The van der Waals surface area contributed by atoms with Crippen LogP contribution in [0.4, 0.5) is 8.78 Å². The smallest absolute Gasteiger partial charge is 0.220 e. The first-order valence-electron chi connectivity index (χ1n) is 9.03. The van der Waals surface area contributed by atoms with Crippen molar-refractivity contribution in [1.29, 1.82) is 0 Å². The van der Waals surface area contributed by atoms with Gasteiger partial charge in [-0.25, -0.2) is 8.78 Å². The van der Waals surface area contributed by atoms with Crippen molar-refractivity contribution >= 4 is 5.91 Å². The molecular formula is C19H26F2N2O. The topological polar surface area (TPSA) is 41.1 Å². The highest BCUT2D eigenvalue weighted by Crippen LogP contribution is 2.42. The van der Waals surface area contributed by atoms with Crippen LogP contribution in [0.15, 0.2) is 18.2 Å². The summed E-state index contributed by atoms with van der Waals surface area (Å²) in [6.45, 7) is 2.34. The molecule has 0 radical (unpaired) electrons. The second-order valence-corrected chi connectivity index (χ2v) is 7.26. The van der Waals surface area contributed by atoms with Gasteiger partial charge in [0, 0.05) is 23.9 Å². The average Bonchev–Trinajstić information content (AvgIpc) is 3.23. The Kier molecular flexibility index (Phi) is 5.49. The summed E-state index contributed by atoms with van der Waals surface area (Å²) in [6.07, 6.45) is 5.81. The van der Waals surface area contributed by atoms with Gasteiger partial charge in [0.05, 0.1) is 0 Å². The third-order valence-electron chi connectivity index (χ3n) is 5.62. The number of hydrogen-bond donors (Lipinski definition) is 2. The number of hydrogen-bond acceptors (Lipinski definition) is 2. The van der Waals surface area contributed by atoms with E-state index in [1.807, 2.05) is 0 Å². The molecule has 0 aromatic heterocycles. The molecule has 3 rings (SSSR count). The van der Waals surface area contributed by atoms with Crippen LogP contribution in [-0.2, 0) is 10.2 Å². The lowest BCUT2D eigenvalue weighted by atomic mass is 9.78. The van der Waals surface area contributed by atoms with Gasteiger partial charge >= 0.3 is 0 Å². The van der Waals surface area contributed by atoms with Gasteiger partial charge in [-0.3, -0.25) is 4.79 Å². The van der Waals surface area contributed by atoms with Crippen LogP contribution in [0.1, 0.15) is 50.5 Å². The Balaban J connectivity index is 1.62. The number of benzene rings is 1. The van der Waals surface area contributed by atoms with E-state index in [0.29, 0.717) is 18.9 Å². The Morgan fingerprint density at radius 1 is 1.25 bits per heavy atom. The minimum absolute atomic E-state index is 0.00933. The number of rotatable bonds is 6. The predicted molar refractivity (Wildman–Crippen MR) is 89.7 cm³/mol. The Labute approximate surface area is 142 Å². The molecule has 1 unspecified atom stereocenters. The molecule has 132 valence electrons. The first-order valence-corrected chi connectivity index (χ1v) is 9.03. The zero-order chi connectivity index (χ0) is 17.0. The Morgan fingerprint density at radius 3 is 2.58 bits per heavy atom. The Morgan fingerprint density at radius 2 is 1.96 bits per heavy atom. The predicted octanol–water partition coefficient (Wildman–Crippen LogP) is 3.28. The summed E-state index contributed by atoms with van der Waals surface area (Å²) in [5, 5.41) is 6.25. The van der Waals surface area contributed by atoms with Gasteiger partial charge in [-0.1, -0.05) is 18.9 Å². The molecule has 1 heterocycles. The van der Waals surface area contributed by atoms with Crippen molar-refractivity contribution in [3.8, 4) is 0 Å². The number of amides is 1. The van der Waals surface area contributed by atoms with Crippen LogP contribution in [0, 0.1) is 17.6 Å². The number of halogens is 2. The quantitative estimate of drug-likeness (QED) is 0.837. The fourth-order valence-corrected chi connectivity index (χ4v) is 4.22. The maximum absolute atomic E-state index is 14.3. The number of carbonyl (C=O) groups is 1. The van der Waals surface area contributed by atoms with Gasteiger partial charge in [0.2, 0.25) is 5.91 Å². The molecule has 1 saturated carbocycles. The molecule has 1 aliphatic heterocycles. The summed E-state index contributed by atoms with van der Waals surface area (Å²) in [5.74, 6) is -0.434. The van der Waals surface area contributed by atoms with E-state index >= 15 is 0 Å². The summed E-state index contributed by atoms with van der Waals surface area (Å²) < 4.78 is 28.5. The minimum Gasteiger partial charge on any atom is -0.355 e. The van der Waals surface area contributed by atoms with E-state index in [9.17, 15) is 13.6 Å². The van der Waals surface area contributed by atoms with Crippen molar-refractivity contribution in [1.82, 2.24) is 10.6 Å². The normalized spacial score (nSPS) is 22.7. The highest BCUT2D eigenvalue weighted by molar-refractivity contribution is 5.76. The zero-order valence-electron chi connectivity index (χ0n) is 14.0. The van der Waals surface area contributed by atoms with Crippen LogP contribution in [0.5, 0.6) is 0 Å². The van der Waals surface area contributed by atoms with Gasteiger partial charge in [-0.15, -0.1) is 0 Å². The molecule has 1 aliphatic carbocycles. The van der Waals surface area contributed by atoms with Gasteiger partial charge in [0.25, 0.3) is 0 Å². The fraction of sp³-hybridized carbons (Fsp3) is 0.632. The molecule has 5 heteroatoms. The molecule has 1 aromatic rings.